The van der Waals surface area contributed by atoms with Crippen LogP contribution in [0, 0.1) is 5.92 Å². The minimum atomic E-state index is 0.427. The number of anilines is 1. The van der Waals surface area contributed by atoms with E-state index in [0.29, 0.717) is 16.7 Å². The van der Waals surface area contributed by atoms with Gasteiger partial charge in [0.1, 0.15) is 5.82 Å². The fourth-order valence-corrected chi connectivity index (χ4v) is 3.09. The molecule has 0 saturated carbocycles. The Labute approximate surface area is 110 Å². The van der Waals surface area contributed by atoms with Crippen molar-refractivity contribution in [2.45, 2.75) is 37.9 Å². The molecule has 5 heteroatoms. The standard InChI is InChI=1S/C11H18BrN3S/c1-7(2)10-13-11(16-14-10)15-5-4-9(12)8(3)6-15/h7-9H,4-6H2,1-3H3. The van der Waals surface area contributed by atoms with Gasteiger partial charge in [0.15, 0.2) is 0 Å². The maximum Gasteiger partial charge on any atom is 0.205 e. The fraction of sp³-hybridized carbons (Fsp3) is 0.818. The van der Waals surface area contributed by atoms with Gasteiger partial charge in [0.25, 0.3) is 0 Å². The molecule has 1 aliphatic heterocycles. The van der Waals surface area contributed by atoms with Crippen molar-refractivity contribution in [1.29, 1.82) is 0 Å². The van der Waals surface area contributed by atoms with Crippen LogP contribution >= 0.6 is 27.5 Å². The van der Waals surface area contributed by atoms with E-state index >= 15 is 0 Å². The van der Waals surface area contributed by atoms with Crippen molar-refractivity contribution in [1.82, 2.24) is 9.36 Å². The molecule has 1 fully saturated rings. The Balaban J connectivity index is 2.07. The number of rotatable bonds is 2. The van der Waals surface area contributed by atoms with Gasteiger partial charge in [-0.25, -0.2) is 4.98 Å². The van der Waals surface area contributed by atoms with Crippen molar-refractivity contribution in [3.8, 4) is 0 Å². The Morgan fingerprint density at radius 3 is 2.81 bits per heavy atom. The summed E-state index contributed by atoms with van der Waals surface area (Å²) in [6.07, 6.45) is 1.19. The lowest BCUT2D eigenvalue weighted by Gasteiger charge is -2.33. The van der Waals surface area contributed by atoms with Crippen LogP contribution in [0.2, 0.25) is 0 Å². The molecule has 1 aliphatic rings. The number of hydrogen-bond acceptors (Lipinski definition) is 4. The highest BCUT2D eigenvalue weighted by molar-refractivity contribution is 9.09. The van der Waals surface area contributed by atoms with Crippen molar-refractivity contribution in [3.63, 3.8) is 0 Å². The SMILES string of the molecule is CC(C)c1nsc(N2CCC(Br)C(C)C2)n1. The van der Waals surface area contributed by atoms with Crippen LogP contribution in [0.5, 0.6) is 0 Å². The van der Waals surface area contributed by atoms with Gasteiger partial charge >= 0.3 is 0 Å². The first-order chi connectivity index (χ1) is 7.58. The second-order valence-electron chi connectivity index (χ2n) is 4.82. The Morgan fingerprint density at radius 1 is 1.50 bits per heavy atom. The predicted molar refractivity (Wildman–Crippen MR) is 72.7 cm³/mol. The summed E-state index contributed by atoms with van der Waals surface area (Å²) in [5.74, 6) is 2.09. The quantitative estimate of drug-likeness (QED) is 0.785. The molecule has 0 N–H and O–H groups in total. The summed E-state index contributed by atoms with van der Waals surface area (Å²) in [6, 6.07) is 0. The number of nitrogens with zero attached hydrogens (tertiary/aromatic N) is 3. The summed E-state index contributed by atoms with van der Waals surface area (Å²) in [6.45, 7) is 8.74. The summed E-state index contributed by atoms with van der Waals surface area (Å²) >= 11 is 5.26. The van der Waals surface area contributed by atoms with E-state index < -0.39 is 0 Å². The topological polar surface area (TPSA) is 29.0 Å². The van der Waals surface area contributed by atoms with Crippen LogP contribution in [0.15, 0.2) is 0 Å². The first-order valence-electron chi connectivity index (χ1n) is 5.80. The molecule has 1 aromatic heterocycles. The van der Waals surface area contributed by atoms with Crippen molar-refractivity contribution < 1.29 is 0 Å². The van der Waals surface area contributed by atoms with Crippen LogP contribution in [0.25, 0.3) is 0 Å². The molecule has 0 aromatic carbocycles. The van der Waals surface area contributed by atoms with E-state index in [2.05, 4.69) is 51.0 Å². The molecule has 16 heavy (non-hydrogen) atoms. The average Bonchev–Trinajstić information content (AvgIpc) is 2.71. The largest absolute Gasteiger partial charge is 0.347 e. The lowest BCUT2D eigenvalue weighted by atomic mass is 10.0. The molecule has 0 spiro atoms. The first kappa shape index (κ1) is 12.3. The second-order valence-corrected chi connectivity index (χ2v) is 6.72. The van der Waals surface area contributed by atoms with Crippen LogP contribution in [-0.2, 0) is 0 Å². The lowest BCUT2D eigenvalue weighted by molar-refractivity contribution is 0.465. The highest BCUT2D eigenvalue weighted by Gasteiger charge is 2.26. The number of halogens is 1. The van der Waals surface area contributed by atoms with Gasteiger partial charge in [-0.15, -0.1) is 0 Å². The van der Waals surface area contributed by atoms with Crippen molar-refractivity contribution >= 4 is 32.6 Å². The van der Waals surface area contributed by atoms with Gasteiger partial charge < -0.3 is 4.90 Å². The lowest BCUT2D eigenvalue weighted by Crippen LogP contribution is -2.39. The van der Waals surface area contributed by atoms with Gasteiger partial charge in [-0.2, -0.15) is 4.37 Å². The van der Waals surface area contributed by atoms with Gasteiger partial charge in [-0.05, 0) is 12.3 Å². The van der Waals surface area contributed by atoms with E-state index in [-0.39, 0.29) is 0 Å². The molecule has 1 saturated heterocycles. The summed E-state index contributed by atoms with van der Waals surface area (Å²) in [4.78, 5) is 7.63. The summed E-state index contributed by atoms with van der Waals surface area (Å²) in [7, 11) is 0. The molecule has 90 valence electrons. The van der Waals surface area contributed by atoms with Crippen LogP contribution < -0.4 is 4.90 Å². The molecular formula is C11H18BrN3S. The fourth-order valence-electron chi connectivity index (χ4n) is 1.88. The number of aromatic nitrogens is 2. The Kier molecular flexibility index (Phi) is 3.85. The molecule has 2 heterocycles. The van der Waals surface area contributed by atoms with Gasteiger partial charge in [-0.3, -0.25) is 0 Å². The minimum Gasteiger partial charge on any atom is -0.347 e. The van der Waals surface area contributed by atoms with Crippen LogP contribution in [0.3, 0.4) is 0 Å². The maximum absolute atomic E-state index is 4.61. The third-order valence-electron chi connectivity index (χ3n) is 3.02. The molecule has 0 amide bonds. The second kappa shape index (κ2) is 5.00. The van der Waals surface area contributed by atoms with Gasteiger partial charge in [-0.1, -0.05) is 36.7 Å². The summed E-state index contributed by atoms with van der Waals surface area (Å²) in [5.41, 5.74) is 0. The highest BCUT2D eigenvalue weighted by atomic mass is 79.9. The van der Waals surface area contributed by atoms with E-state index in [9.17, 15) is 0 Å². The van der Waals surface area contributed by atoms with Crippen LogP contribution in [0.1, 0.15) is 38.9 Å². The van der Waals surface area contributed by atoms with Gasteiger partial charge in [0, 0.05) is 35.4 Å². The van der Waals surface area contributed by atoms with Crippen molar-refractivity contribution in [3.05, 3.63) is 5.82 Å². The zero-order valence-corrected chi connectivity index (χ0v) is 12.4. The molecular weight excluding hydrogens is 286 g/mol. The number of piperidine rings is 1. The van der Waals surface area contributed by atoms with E-state index in [0.717, 1.165) is 24.0 Å². The van der Waals surface area contributed by atoms with Crippen LogP contribution in [0.4, 0.5) is 5.13 Å². The normalized spacial score (nSPS) is 26.4. The first-order valence-corrected chi connectivity index (χ1v) is 7.49. The number of hydrogen-bond donors (Lipinski definition) is 0. The molecule has 0 aliphatic carbocycles. The predicted octanol–water partition coefficient (Wildman–Crippen LogP) is 3.27. The zero-order chi connectivity index (χ0) is 11.7. The number of alkyl halides is 1. The smallest absolute Gasteiger partial charge is 0.205 e. The van der Waals surface area contributed by atoms with Crippen molar-refractivity contribution in [2.75, 3.05) is 18.0 Å². The van der Waals surface area contributed by atoms with Gasteiger partial charge in [0.05, 0.1) is 0 Å². The average molecular weight is 304 g/mol. The minimum absolute atomic E-state index is 0.427. The van der Waals surface area contributed by atoms with Crippen molar-refractivity contribution in [2.24, 2.45) is 5.92 Å². The monoisotopic (exact) mass is 303 g/mol. The summed E-state index contributed by atoms with van der Waals surface area (Å²) < 4.78 is 4.41. The zero-order valence-electron chi connectivity index (χ0n) is 9.98. The third kappa shape index (κ3) is 2.56. The Hall–Kier alpha value is -0.160. The molecule has 1 aromatic rings. The molecule has 3 nitrogen and oxygen atoms in total. The van der Waals surface area contributed by atoms with E-state index in [4.69, 9.17) is 0 Å². The molecule has 2 atom stereocenters. The van der Waals surface area contributed by atoms with Crippen LogP contribution in [-0.4, -0.2) is 27.3 Å². The third-order valence-corrected chi connectivity index (χ3v) is 5.17. The Bertz CT molecular complexity index is 353. The van der Waals surface area contributed by atoms with Gasteiger partial charge in [0.2, 0.25) is 5.13 Å². The highest BCUT2D eigenvalue weighted by Crippen LogP contribution is 2.29. The maximum atomic E-state index is 4.61. The molecule has 0 radical (unpaired) electrons. The van der Waals surface area contributed by atoms with E-state index in [1.807, 2.05) is 0 Å². The molecule has 2 rings (SSSR count). The van der Waals surface area contributed by atoms with E-state index in [1.165, 1.54) is 18.0 Å². The summed E-state index contributed by atoms with van der Waals surface area (Å²) in [5, 5.41) is 1.09. The molecule has 2 unspecified atom stereocenters. The van der Waals surface area contributed by atoms with E-state index in [1.54, 1.807) is 0 Å². The Morgan fingerprint density at radius 2 is 2.25 bits per heavy atom. The molecule has 0 bridgehead atoms.